The molecule has 6 nitrogen and oxygen atoms in total. The minimum absolute atomic E-state index is 0.0797. The molecule has 0 spiro atoms. The van der Waals surface area contributed by atoms with Gasteiger partial charge in [0.25, 0.3) is 11.5 Å². The summed E-state index contributed by atoms with van der Waals surface area (Å²) in [5.41, 5.74) is 4.45. The Morgan fingerprint density at radius 1 is 1.03 bits per heavy atom. The zero-order valence-corrected chi connectivity index (χ0v) is 22.8. The molecule has 0 aromatic carbocycles. The summed E-state index contributed by atoms with van der Waals surface area (Å²) in [6, 6.07) is 4.11. The highest BCUT2D eigenvalue weighted by Crippen LogP contribution is 2.42. The number of anilines is 1. The largest absolute Gasteiger partial charge is 0.361 e. The van der Waals surface area contributed by atoms with Crippen LogP contribution in [0, 0.1) is 20.8 Å². The number of nitrogens with one attached hydrogen (secondary N) is 1. The van der Waals surface area contributed by atoms with Crippen molar-refractivity contribution in [2.75, 3.05) is 25.0 Å². The number of thiophene rings is 1. The first-order chi connectivity index (χ1) is 16.8. The molecule has 35 heavy (non-hydrogen) atoms. The number of H-pyrrole nitrogens is 1. The summed E-state index contributed by atoms with van der Waals surface area (Å²) in [6.45, 7) is 10.3. The molecule has 7 heteroatoms. The Kier molecular flexibility index (Phi) is 6.83. The molecule has 0 radical (unpaired) electrons. The van der Waals surface area contributed by atoms with Crippen LogP contribution in [-0.4, -0.2) is 59.0 Å². The molecular weight excluding hydrogens is 456 g/mol. The van der Waals surface area contributed by atoms with Gasteiger partial charge in [-0.05, 0) is 90.5 Å². The Bertz CT molecular complexity index is 1160. The van der Waals surface area contributed by atoms with Gasteiger partial charge in [0.05, 0.1) is 17.1 Å². The van der Waals surface area contributed by atoms with E-state index in [0.29, 0.717) is 24.7 Å². The summed E-state index contributed by atoms with van der Waals surface area (Å²) in [5, 5.41) is 1.29. The van der Waals surface area contributed by atoms with Gasteiger partial charge in [-0.2, -0.15) is 0 Å². The van der Waals surface area contributed by atoms with E-state index < -0.39 is 0 Å². The molecule has 1 amide bonds. The van der Waals surface area contributed by atoms with E-state index in [9.17, 15) is 9.59 Å². The number of aromatic amines is 1. The lowest BCUT2D eigenvalue weighted by Crippen LogP contribution is -2.43. The van der Waals surface area contributed by atoms with Gasteiger partial charge in [0.1, 0.15) is 0 Å². The number of aryl methyl sites for hydroxylation is 2. The number of amides is 1. The molecule has 190 valence electrons. The van der Waals surface area contributed by atoms with Crippen LogP contribution in [0.2, 0.25) is 0 Å². The van der Waals surface area contributed by atoms with Crippen molar-refractivity contribution in [3.05, 3.63) is 49.2 Å². The number of aromatic nitrogens is 1. The number of hydrogen-bond acceptors (Lipinski definition) is 5. The zero-order valence-electron chi connectivity index (χ0n) is 21.9. The first kappa shape index (κ1) is 24.6. The lowest BCUT2D eigenvalue weighted by atomic mass is 9.89. The summed E-state index contributed by atoms with van der Waals surface area (Å²) in [7, 11) is 2.32. The van der Waals surface area contributed by atoms with Crippen LogP contribution in [0.1, 0.15) is 83.1 Å². The number of fused-ring (bicyclic) bond motifs is 1. The second-order valence-electron chi connectivity index (χ2n) is 10.9. The maximum Gasteiger partial charge on any atom is 0.255 e. The Hall–Kier alpha value is -2.12. The molecule has 2 aromatic rings. The summed E-state index contributed by atoms with van der Waals surface area (Å²) >= 11 is 1.83. The predicted molar refractivity (Wildman–Crippen MR) is 144 cm³/mol. The average molecular weight is 497 g/mol. The Morgan fingerprint density at radius 2 is 1.66 bits per heavy atom. The van der Waals surface area contributed by atoms with Gasteiger partial charge in [-0.1, -0.05) is 0 Å². The number of hydrogen-bond donors (Lipinski definition) is 1. The SMILES string of the molecule is CCN(c1sc2c(c1C)C(=O)N(Cc1c(C)cc(C)[nH]c1=O)CC2)[C@H]1CC[C@H](N(C)C2CC2)CC1. The molecule has 2 fully saturated rings. The molecule has 0 saturated heterocycles. The third kappa shape index (κ3) is 4.69. The first-order valence-electron chi connectivity index (χ1n) is 13.4. The van der Waals surface area contributed by atoms with Crippen molar-refractivity contribution in [1.29, 1.82) is 0 Å². The summed E-state index contributed by atoms with van der Waals surface area (Å²) < 4.78 is 0. The van der Waals surface area contributed by atoms with E-state index in [1.165, 1.54) is 48.4 Å². The van der Waals surface area contributed by atoms with Crippen LogP contribution in [0.4, 0.5) is 5.00 Å². The highest BCUT2D eigenvalue weighted by Gasteiger charge is 2.36. The van der Waals surface area contributed by atoms with E-state index in [2.05, 4.69) is 35.7 Å². The van der Waals surface area contributed by atoms with Crippen LogP contribution in [0.15, 0.2) is 10.9 Å². The normalized spacial score (nSPS) is 22.6. The van der Waals surface area contributed by atoms with Gasteiger partial charge >= 0.3 is 0 Å². The lowest BCUT2D eigenvalue weighted by Gasteiger charge is -2.40. The molecule has 2 aromatic heterocycles. The fourth-order valence-electron chi connectivity index (χ4n) is 6.33. The van der Waals surface area contributed by atoms with Crippen molar-refractivity contribution in [3.8, 4) is 0 Å². The minimum Gasteiger partial charge on any atom is -0.361 e. The fourth-order valence-corrected chi connectivity index (χ4v) is 7.75. The highest BCUT2D eigenvalue weighted by atomic mass is 32.1. The van der Waals surface area contributed by atoms with Gasteiger partial charge < -0.3 is 19.7 Å². The number of rotatable bonds is 7. The smallest absolute Gasteiger partial charge is 0.255 e. The van der Waals surface area contributed by atoms with Crippen molar-refractivity contribution in [2.45, 2.75) is 97.3 Å². The van der Waals surface area contributed by atoms with Gasteiger partial charge in [0, 0.05) is 53.8 Å². The molecule has 2 saturated carbocycles. The van der Waals surface area contributed by atoms with E-state index in [0.717, 1.165) is 47.4 Å². The third-order valence-corrected chi connectivity index (χ3v) is 9.94. The summed E-state index contributed by atoms with van der Waals surface area (Å²) in [5.74, 6) is 0.0800. The maximum atomic E-state index is 13.6. The topological polar surface area (TPSA) is 59.7 Å². The number of carbonyl (C=O) groups excluding carboxylic acids is 1. The molecule has 0 unspecified atom stereocenters. The molecule has 2 aliphatic carbocycles. The van der Waals surface area contributed by atoms with E-state index in [-0.39, 0.29) is 11.5 Å². The van der Waals surface area contributed by atoms with E-state index in [1.807, 2.05) is 36.2 Å². The molecular formula is C28H40N4O2S. The van der Waals surface area contributed by atoms with Crippen LogP contribution >= 0.6 is 11.3 Å². The van der Waals surface area contributed by atoms with E-state index >= 15 is 0 Å². The molecule has 1 N–H and O–H groups in total. The van der Waals surface area contributed by atoms with Crippen LogP contribution < -0.4 is 10.5 Å². The maximum absolute atomic E-state index is 13.6. The lowest BCUT2D eigenvalue weighted by molar-refractivity contribution is 0.0727. The number of pyridine rings is 1. The van der Waals surface area contributed by atoms with Gasteiger partial charge in [0.2, 0.25) is 0 Å². The van der Waals surface area contributed by atoms with E-state index in [1.54, 1.807) is 0 Å². The van der Waals surface area contributed by atoms with Gasteiger partial charge in [0.15, 0.2) is 0 Å². The van der Waals surface area contributed by atoms with Crippen molar-refractivity contribution < 1.29 is 4.79 Å². The summed E-state index contributed by atoms with van der Waals surface area (Å²) in [6.07, 6.45) is 8.62. The molecule has 3 heterocycles. The zero-order chi connectivity index (χ0) is 24.9. The number of carbonyl (C=O) groups is 1. The van der Waals surface area contributed by atoms with Crippen LogP contribution in [0.3, 0.4) is 0 Å². The molecule has 3 aliphatic rings. The van der Waals surface area contributed by atoms with Gasteiger partial charge in [-0.15, -0.1) is 11.3 Å². The predicted octanol–water partition coefficient (Wildman–Crippen LogP) is 4.79. The van der Waals surface area contributed by atoms with Crippen LogP contribution in [0.25, 0.3) is 0 Å². The van der Waals surface area contributed by atoms with Crippen LogP contribution in [-0.2, 0) is 13.0 Å². The van der Waals surface area contributed by atoms with Gasteiger partial charge in [-0.25, -0.2) is 0 Å². The van der Waals surface area contributed by atoms with Crippen molar-refractivity contribution in [2.24, 2.45) is 0 Å². The monoisotopic (exact) mass is 496 g/mol. The number of nitrogens with zero attached hydrogens (tertiary/aromatic N) is 3. The summed E-state index contributed by atoms with van der Waals surface area (Å²) in [4.78, 5) is 37.4. The highest BCUT2D eigenvalue weighted by molar-refractivity contribution is 7.16. The second kappa shape index (κ2) is 9.74. The van der Waals surface area contributed by atoms with Crippen molar-refractivity contribution in [3.63, 3.8) is 0 Å². The standard InChI is InChI=1S/C28H40N4O2S/c1-6-32(22-11-9-21(10-12-22)30(5)20-7-8-20)28-19(4)25-24(35-28)13-14-31(27(25)34)16-23-17(2)15-18(3)29-26(23)33/h15,20-22H,6-14,16H2,1-5H3,(H,29,33)/t21-,22-. The van der Waals surface area contributed by atoms with Crippen molar-refractivity contribution >= 4 is 22.2 Å². The molecule has 0 atom stereocenters. The quantitative estimate of drug-likeness (QED) is 0.599. The molecule has 1 aliphatic heterocycles. The van der Waals surface area contributed by atoms with Crippen LogP contribution in [0.5, 0.6) is 0 Å². The minimum atomic E-state index is -0.0797. The Labute approximate surface area is 213 Å². The molecule has 5 rings (SSSR count). The second-order valence-corrected chi connectivity index (χ2v) is 12.0. The van der Waals surface area contributed by atoms with Crippen molar-refractivity contribution in [1.82, 2.24) is 14.8 Å². The third-order valence-electron chi connectivity index (χ3n) is 8.55. The fraction of sp³-hybridized carbons (Fsp3) is 0.643. The Morgan fingerprint density at radius 3 is 2.26 bits per heavy atom. The molecule has 0 bridgehead atoms. The van der Waals surface area contributed by atoms with Gasteiger partial charge in [-0.3, -0.25) is 9.59 Å². The first-order valence-corrected chi connectivity index (χ1v) is 14.2. The van der Waals surface area contributed by atoms with E-state index in [4.69, 9.17) is 0 Å². The Balaban J connectivity index is 1.33. The average Bonchev–Trinajstić information content (AvgIpc) is 3.62.